The van der Waals surface area contributed by atoms with Gasteiger partial charge in [0.2, 0.25) is 0 Å². The van der Waals surface area contributed by atoms with Crippen LogP contribution in [0.1, 0.15) is 31.7 Å². The number of nitrogens with zero attached hydrogens (tertiary/aromatic N) is 1. The van der Waals surface area contributed by atoms with Crippen LogP contribution in [0.4, 0.5) is 8.78 Å². The Morgan fingerprint density at radius 2 is 1.96 bits per heavy atom. The molecule has 0 bridgehead atoms. The second kappa shape index (κ2) is 15.1. The van der Waals surface area contributed by atoms with E-state index in [4.69, 9.17) is 4.74 Å². The quantitative estimate of drug-likeness (QED) is 0.155. The van der Waals surface area contributed by atoms with Gasteiger partial charge in [0.25, 0.3) is 0 Å². The minimum absolute atomic E-state index is 0. The predicted octanol–water partition coefficient (Wildman–Crippen LogP) is 3.31. The molecular weight excluding hydrogens is 487 g/mol. The van der Waals surface area contributed by atoms with Gasteiger partial charge >= 0.3 is 12.6 Å². The van der Waals surface area contributed by atoms with Crippen molar-refractivity contribution in [3.05, 3.63) is 23.8 Å². The van der Waals surface area contributed by atoms with Crippen LogP contribution in [-0.2, 0) is 16.1 Å². The first-order chi connectivity index (χ1) is 13.0. The summed E-state index contributed by atoms with van der Waals surface area (Å²) in [5, 5.41) is 6.22. The molecule has 0 aliphatic heterocycles. The number of nitrogens with one attached hydrogen (secondary N) is 2. The maximum atomic E-state index is 12.6. The Bertz CT molecular complexity index is 618. The molecule has 0 aliphatic rings. The van der Waals surface area contributed by atoms with E-state index in [1.165, 1.54) is 20.3 Å². The number of ether oxygens (including phenoxy) is 3. The Hall–Kier alpha value is -1.85. The van der Waals surface area contributed by atoms with E-state index in [9.17, 15) is 13.6 Å². The number of unbranched alkanes of at least 4 members (excludes halogenated alkanes) is 1. The number of aliphatic imine (C=N–C) groups is 1. The van der Waals surface area contributed by atoms with Gasteiger partial charge in [0.05, 0.1) is 20.8 Å². The van der Waals surface area contributed by atoms with Crippen molar-refractivity contribution < 1.29 is 27.8 Å². The molecule has 160 valence electrons. The van der Waals surface area contributed by atoms with Crippen molar-refractivity contribution >= 4 is 35.9 Å². The summed E-state index contributed by atoms with van der Waals surface area (Å²) < 4.78 is 39.4. The molecule has 0 heterocycles. The molecule has 0 aromatic heterocycles. The van der Waals surface area contributed by atoms with E-state index >= 15 is 0 Å². The molecular formula is C18H28F2IN3O4. The fourth-order valence-corrected chi connectivity index (χ4v) is 2.23. The van der Waals surface area contributed by atoms with Gasteiger partial charge in [-0.05, 0) is 38.0 Å². The molecule has 0 saturated carbocycles. The Morgan fingerprint density at radius 3 is 2.57 bits per heavy atom. The second-order valence-electron chi connectivity index (χ2n) is 5.51. The molecule has 7 nitrogen and oxygen atoms in total. The average molecular weight is 515 g/mol. The Kier molecular flexibility index (Phi) is 14.1. The van der Waals surface area contributed by atoms with Crippen molar-refractivity contribution in [2.45, 2.75) is 39.3 Å². The molecule has 10 heteroatoms. The highest BCUT2D eigenvalue weighted by atomic mass is 127. The third-order valence-corrected chi connectivity index (χ3v) is 3.56. The van der Waals surface area contributed by atoms with Crippen LogP contribution in [-0.4, -0.2) is 45.8 Å². The molecule has 0 amide bonds. The number of alkyl halides is 2. The fraction of sp³-hybridized carbons (Fsp3) is 0.556. The summed E-state index contributed by atoms with van der Waals surface area (Å²) in [5.41, 5.74) is 0.484. The van der Waals surface area contributed by atoms with Gasteiger partial charge in [-0.2, -0.15) is 8.78 Å². The molecule has 0 aliphatic carbocycles. The molecule has 0 radical (unpaired) electrons. The van der Waals surface area contributed by atoms with Crippen molar-refractivity contribution in [3.8, 4) is 11.5 Å². The first-order valence-corrected chi connectivity index (χ1v) is 8.70. The third-order valence-electron chi connectivity index (χ3n) is 3.56. The zero-order chi connectivity index (χ0) is 20.1. The second-order valence-corrected chi connectivity index (χ2v) is 5.51. The van der Waals surface area contributed by atoms with Crippen molar-refractivity contribution in [2.75, 3.05) is 27.3 Å². The summed E-state index contributed by atoms with van der Waals surface area (Å²) in [7, 11) is 2.86. The Morgan fingerprint density at radius 1 is 1.21 bits per heavy atom. The maximum Gasteiger partial charge on any atom is 0.387 e. The minimum Gasteiger partial charge on any atom is -0.497 e. The van der Waals surface area contributed by atoms with Crippen LogP contribution in [0.2, 0.25) is 0 Å². The van der Waals surface area contributed by atoms with Gasteiger partial charge in [-0.3, -0.25) is 4.79 Å². The van der Waals surface area contributed by atoms with Gasteiger partial charge in [-0.25, -0.2) is 4.99 Å². The number of carbonyl (C=O) groups excluding carboxylic acids is 1. The molecule has 1 aromatic rings. The summed E-state index contributed by atoms with van der Waals surface area (Å²) in [6.45, 7) is 0.401. The number of benzene rings is 1. The number of hydrogen-bond donors (Lipinski definition) is 2. The molecule has 0 fully saturated rings. The lowest BCUT2D eigenvalue weighted by Crippen LogP contribution is -2.37. The van der Waals surface area contributed by atoms with Gasteiger partial charge in [0.1, 0.15) is 11.5 Å². The summed E-state index contributed by atoms with van der Waals surface area (Å²) >= 11 is 0. The summed E-state index contributed by atoms with van der Waals surface area (Å²) in [6.07, 6.45) is 1.82. The van der Waals surface area contributed by atoms with Crippen LogP contribution in [0.25, 0.3) is 0 Å². The minimum atomic E-state index is -2.91. The number of carbonyl (C=O) groups is 1. The first-order valence-electron chi connectivity index (χ1n) is 8.70. The SMILES string of the molecule is CCNC(=NCc1cc(OC)ccc1OC(F)F)NCCCCC(=O)OC.I. The number of esters is 1. The summed E-state index contributed by atoms with van der Waals surface area (Å²) in [5.74, 6) is 0.896. The third kappa shape index (κ3) is 10.5. The fourth-order valence-electron chi connectivity index (χ4n) is 2.23. The normalized spacial score (nSPS) is 10.9. The van der Waals surface area contributed by atoms with E-state index in [0.717, 1.165) is 6.42 Å². The maximum absolute atomic E-state index is 12.6. The number of guanidine groups is 1. The number of rotatable bonds is 11. The molecule has 0 saturated heterocycles. The van der Waals surface area contributed by atoms with Crippen molar-refractivity contribution in [2.24, 2.45) is 4.99 Å². The molecule has 1 aromatic carbocycles. The number of hydrogen-bond acceptors (Lipinski definition) is 5. The van der Waals surface area contributed by atoms with E-state index in [-0.39, 0.29) is 42.2 Å². The van der Waals surface area contributed by atoms with E-state index in [1.807, 2.05) is 6.92 Å². The lowest BCUT2D eigenvalue weighted by Gasteiger charge is -2.13. The Balaban J connectivity index is 0.00000729. The zero-order valence-corrected chi connectivity index (χ0v) is 18.6. The highest BCUT2D eigenvalue weighted by Gasteiger charge is 2.11. The molecule has 28 heavy (non-hydrogen) atoms. The molecule has 0 spiro atoms. The van der Waals surface area contributed by atoms with Crippen LogP contribution in [0.5, 0.6) is 11.5 Å². The van der Waals surface area contributed by atoms with E-state index in [0.29, 0.717) is 43.2 Å². The van der Waals surface area contributed by atoms with Crippen LogP contribution in [0, 0.1) is 0 Å². The molecule has 2 N–H and O–H groups in total. The number of halogens is 3. The molecule has 0 unspecified atom stereocenters. The lowest BCUT2D eigenvalue weighted by molar-refractivity contribution is -0.140. The Labute approximate surface area is 181 Å². The van der Waals surface area contributed by atoms with Gasteiger partial charge < -0.3 is 24.8 Å². The first kappa shape index (κ1) is 26.1. The number of methoxy groups -OCH3 is 2. The summed E-state index contributed by atoms with van der Waals surface area (Å²) in [6, 6.07) is 4.60. The standard InChI is InChI=1S/C18H27F2N3O4.HI/c1-4-21-18(22-10-6-5-7-16(24)26-3)23-12-13-11-14(25-2)8-9-15(13)27-17(19)20;/h8-9,11,17H,4-7,10,12H2,1-3H3,(H2,21,22,23);1H. The zero-order valence-electron chi connectivity index (χ0n) is 16.3. The topological polar surface area (TPSA) is 81.2 Å². The highest BCUT2D eigenvalue weighted by Crippen LogP contribution is 2.26. The van der Waals surface area contributed by atoms with Crippen molar-refractivity contribution in [1.29, 1.82) is 0 Å². The molecule has 0 atom stereocenters. The van der Waals surface area contributed by atoms with Crippen LogP contribution < -0.4 is 20.1 Å². The smallest absolute Gasteiger partial charge is 0.387 e. The van der Waals surface area contributed by atoms with E-state index in [1.54, 1.807) is 12.1 Å². The van der Waals surface area contributed by atoms with Crippen molar-refractivity contribution in [3.63, 3.8) is 0 Å². The largest absolute Gasteiger partial charge is 0.497 e. The highest BCUT2D eigenvalue weighted by molar-refractivity contribution is 14.0. The summed E-state index contributed by atoms with van der Waals surface area (Å²) in [4.78, 5) is 15.5. The van der Waals surface area contributed by atoms with Gasteiger partial charge in [0.15, 0.2) is 5.96 Å². The van der Waals surface area contributed by atoms with Crippen molar-refractivity contribution in [1.82, 2.24) is 10.6 Å². The van der Waals surface area contributed by atoms with E-state index < -0.39 is 6.61 Å². The van der Waals surface area contributed by atoms with E-state index in [2.05, 4.69) is 25.1 Å². The lowest BCUT2D eigenvalue weighted by atomic mass is 10.2. The predicted molar refractivity (Wildman–Crippen MR) is 114 cm³/mol. The average Bonchev–Trinajstić information content (AvgIpc) is 2.65. The van der Waals surface area contributed by atoms with Crippen LogP contribution in [0.3, 0.4) is 0 Å². The van der Waals surface area contributed by atoms with Crippen LogP contribution >= 0.6 is 24.0 Å². The van der Waals surface area contributed by atoms with Gasteiger partial charge in [-0.1, -0.05) is 0 Å². The van der Waals surface area contributed by atoms with Gasteiger partial charge in [-0.15, -0.1) is 24.0 Å². The van der Waals surface area contributed by atoms with Crippen LogP contribution in [0.15, 0.2) is 23.2 Å². The molecule has 1 rings (SSSR count). The van der Waals surface area contributed by atoms with Gasteiger partial charge in [0, 0.05) is 25.1 Å². The monoisotopic (exact) mass is 515 g/mol.